The van der Waals surface area contributed by atoms with E-state index in [1.165, 1.54) is 0 Å². The first-order valence-corrected chi connectivity index (χ1v) is 10.1. The van der Waals surface area contributed by atoms with E-state index in [9.17, 15) is 4.79 Å². The van der Waals surface area contributed by atoms with E-state index < -0.39 is 0 Å². The number of hydrogen-bond acceptors (Lipinski definition) is 3. The third-order valence-corrected chi connectivity index (χ3v) is 5.35. The van der Waals surface area contributed by atoms with Crippen molar-refractivity contribution in [2.75, 3.05) is 11.9 Å². The second-order valence-corrected chi connectivity index (χ2v) is 7.45. The number of carbonyl (C=O) groups is 1. The van der Waals surface area contributed by atoms with Crippen LogP contribution in [0.4, 0.5) is 5.69 Å². The molecule has 0 aliphatic heterocycles. The fourth-order valence-electron chi connectivity index (χ4n) is 3.84. The van der Waals surface area contributed by atoms with Crippen LogP contribution in [-0.2, 0) is 4.79 Å². The second-order valence-electron chi connectivity index (χ2n) is 7.45. The van der Waals surface area contributed by atoms with Crippen molar-refractivity contribution in [3.63, 3.8) is 0 Å². The molecule has 4 rings (SSSR count). The van der Waals surface area contributed by atoms with Gasteiger partial charge in [0.2, 0.25) is 5.91 Å². The molecular formula is C26H25NO3. The van der Waals surface area contributed by atoms with Gasteiger partial charge in [0.15, 0.2) is 0 Å². The normalized spacial score (nSPS) is 11.8. The third kappa shape index (κ3) is 3.57. The first kappa shape index (κ1) is 19.8. The monoisotopic (exact) mass is 399 g/mol. The molecule has 1 amide bonds. The maximum atomic E-state index is 12.8. The fourth-order valence-corrected chi connectivity index (χ4v) is 3.84. The van der Waals surface area contributed by atoms with E-state index in [-0.39, 0.29) is 5.91 Å². The molecule has 3 aromatic carbocycles. The number of furan rings is 1. The molecule has 0 radical (unpaired) electrons. The zero-order valence-electron chi connectivity index (χ0n) is 17.7. The summed E-state index contributed by atoms with van der Waals surface area (Å²) in [7, 11) is 0. The summed E-state index contributed by atoms with van der Waals surface area (Å²) in [6.07, 6.45) is 3.38. The molecule has 0 unspecified atom stereocenters. The van der Waals surface area contributed by atoms with Gasteiger partial charge in [-0.3, -0.25) is 4.79 Å². The minimum Gasteiger partial charge on any atom is -0.493 e. The zero-order valence-corrected chi connectivity index (χ0v) is 17.7. The number of ether oxygens (including phenoxy) is 1. The SMILES string of the molecule is CCOc1c(/C(C)=C/C(=O)Nc2cccc3ccccc23)cc2c(C)coc2c1C. The van der Waals surface area contributed by atoms with Crippen molar-refractivity contribution in [3.05, 3.63) is 77.6 Å². The summed E-state index contributed by atoms with van der Waals surface area (Å²) in [5, 5.41) is 6.16. The van der Waals surface area contributed by atoms with Crippen LogP contribution in [0.5, 0.6) is 5.75 Å². The predicted octanol–water partition coefficient (Wildman–Crippen LogP) is 6.64. The number of hydrogen-bond donors (Lipinski definition) is 1. The highest BCUT2D eigenvalue weighted by Crippen LogP contribution is 2.37. The van der Waals surface area contributed by atoms with Crippen LogP contribution in [0.3, 0.4) is 0 Å². The standard InChI is InChI=1S/C26H25NO3/c1-5-29-25-18(4)26-22(17(3)15-30-26)14-21(25)16(2)13-24(28)27-23-12-8-10-19-9-6-7-11-20(19)23/h6-15H,5H2,1-4H3,(H,27,28)/b16-13+. The first-order chi connectivity index (χ1) is 14.5. The second kappa shape index (κ2) is 8.07. The number of aryl methyl sites for hydroxylation is 2. The van der Waals surface area contributed by atoms with Crippen LogP contribution in [0.25, 0.3) is 27.3 Å². The number of carbonyl (C=O) groups excluding carboxylic acids is 1. The van der Waals surface area contributed by atoms with Crippen molar-refractivity contribution in [2.45, 2.75) is 27.7 Å². The molecule has 152 valence electrons. The Bertz CT molecular complexity index is 1280. The molecule has 0 aliphatic rings. The lowest BCUT2D eigenvalue weighted by Gasteiger charge is -2.15. The van der Waals surface area contributed by atoms with E-state index >= 15 is 0 Å². The van der Waals surface area contributed by atoms with E-state index in [0.29, 0.717) is 6.61 Å². The van der Waals surface area contributed by atoms with Gasteiger partial charge >= 0.3 is 0 Å². The molecule has 0 saturated heterocycles. The number of fused-ring (bicyclic) bond motifs is 2. The summed E-state index contributed by atoms with van der Waals surface area (Å²) in [6.45, 7) is 8.42. The third-order valence-electron chi connectivity index (χ3n) is 5.35. The summed E-state index contributed by atoms with van der Waals surface area (Å²) in [4.78, 5) is 12.8. The summed E-state index contributed by atoms with van der Waals surface area (Å²) < 4.78 is 11.7. The maximum absolute atomic E-state index is 12.8. The van der Waals surface area contributed by atoms with Crippen LogP contribution in [0, 0.1) is 13.8 Å². The number of nitrogens with one attached hydrogen (secondary N) is 1. The van der Waals surface area contributed by atoms with E-state index in [1.807, 2.05) is 76.2 Å². The number of rotatable bonds is 5. The Morgan fingerprint density at radius 3 is 2.67 bits per heavy atom. The average molecular weight is 399 g/mol. The Morgan fingerprint density at radius 2 is 1.87 bits per heavy atom. The molecule has 0 bridgehead atoms. The van der Waals surface area contributed by atoms with Gasteiger partial charge in [-0.1, -0.05) is 36.4 Å². The van der Waals surface area contributed by atoms with Crippen LogP contribution in [0.1, 0.15) is 30.5 Å². The van der Waals surface area contributed by atoms with Crippen molar-refractivity contribution < 1.29 is 13.9 Å². The van der Waals surface area contributed by atoms with E-state index in [1.54, 1.807) is 12.3 Å². The van der Waals surface area contributed by atoms with Gasteiger partial charge in [0, 0.05) is 33.7 Å². The summed E-state index contributed by atoms with van der Waals surface area (Å²) in [6, 6.07) is 15.9. The molecule has 1 heterocycles. The Labute approximate surface area is 176 Å². The summed E-state index contributed by atoms with van der Waals surface area (Å²) >= 11 is 0. The van der Waals surface area contributed by atoms with Crippen LogP contribution in [0.15, 0.2) is 65.3 Å². The van der Waals surface area contributed by atoms with Gasteiger partial charge in [-0.25, -0.2) is 0 Å². The Morgan fingerprint density at radius 1 is 1.10 bits per heavy atom. The van der Waals surface area contributed by atoms with Crippen molar-refractivity contribution in [3.8, 4) is 5.75 Å². The van der Waals surface area contributed by atoms with Crippen LogP contribution < -0.4 is 10.1 Å². The van der Waals surface area contributed by atoms with Crippen molar-refractivity contribution >= 4 is 38.9 Å². The van der Waals surface area contributed by atoms with E-state index in [2.05, 4.69) is 5.32 Å². The number of benzene rings is 3. The minimum absolute atomic E-state index is 0.173. The lowest BCUT2D eigenvalue weighted by molar-refractivity contribution is -0.111. The molecule has 1 aromatic heterocycles. The van der Waals surface area contributed by atoms with Gasteiger partial charge < -0.3 is 14.5 Å². The lowest BCUT2D eigenvalue weighted by Crippen LogP contribution is -2.09. The van der Waals surface area contributed by atoms with Crippen molar-refractivity contribution in [2.24, 2.45) is 0 Å². The predicted molar refractivity (Wildman–Crippen MR) is 123 cm³/mol. The quantitative estimate of drug-likeness (QED) is 0.383. The molecule has 30 heavy (non-hydrogen) atoms. The van der Waals surface area contributed by atoms with E-state index in [0.717, 1.165) is 55.4 Å². The van der Waals surface area contributed by atoms with Gasteiger partial charge in [-0.15, -0.1) is 0 Å². The summed E-state index contributed by atoms with van der Waals surface area (Å²) in [5.41, 5.74) is 5.36. The Kier molecular flexibility index (Phi) is 5.32. The van der Waals surface area contributed by atoms with Gasteiger partial charge in [-0.2, -0.15) is 0 Å². The lowest BCUT2D eigenvalue weighted by atomic mass is 9.98. The number of anilines is 1. The van der Waals surface area contributed by atoms with Crippen molar-refractivity contribution in [1.82, 2.24) is 0 Å². The van der Waals surface area contributed by atoms with E-state index in [4.69, 9.17) is 9.15 Å². The topological polar surface area (TPSA) is 51.5 Å². The molecule has 4 heteroatoms. The molecular weight excluding hydrogens is 374 g/mol. The van der Waals surface area contributed by atoms with Gasteiger partial charge in [-0.05, 0) is 56.4 Å². The van der Waals surface area contributed by atoms with Gasteiger partial charge in [0.1, 0.15) is 11.3 Å². The molecule has 0 atom stereocenters. The van der Waals surface area contributed by atoms with Gasteiger partial charge in [0.25, 0.3) is 0 Å². The largest absolute Gasteiger partial charge is 0.493 e. The number of allylic oxidation sites excluding steroid dienone is 1. The molecule has 4 nitrogen and oxygen atoms in total. The Balaban J connectivity index is 1.72. The highest BCUT2D eigenvalue weighted by Gasteiger charge is 2.17. The molecule has 0 fully saturated rings. The van der Waals surface area contributed by atoms with Crippen molar-refractivity contribution in [1.29, 1.82) is 0 Å². The molecule has 4 aromatic rings. The maximum Gasteiger partial charge on any atom is 0.248 e. The van der Waals surface area contributed by atoms with Crippen LogP contribution >= 0.6 is 0 Å². The first-order valence-electron chi connectivity index (χ1n) is 10.1. The van der Waals surface area contributed by atoms with Gasteiger partial charge in [0.05, 0.1) is 12.9 Å². The molecule has 0 spiro atoms. The highest BCUT2D eigenvalue weighted by atomic mass is 16.5. The minimum atomic E-state index is -0.173. The highest BCUT2D eigenvalue weighted by molar-refractivity contribution is 6.09. The summed E-state index contributed by atoms with van der Waals surface area (Å²) in [5.74, 6) is 0.582. The fraction of sp³-hybridized carbons (Fsp3) is 0.192. The smallest absolute Gasteiger partial charge is 0.248 e. The number of amides is 1. The molecule has 0 aliphatic carbocycles. The van der Waals surface area contributed by atoms with Crippen LogP contribution in [0.2, 0.25) is 0 Å². The molecule has 0 saturated carbocycles. The average Bonchev–Trinajstić information content (AvgIpc) is 3.11. The van der Waals surface area contributed by atoms with Crippen LogP contribution in [-0.4, -0.2) is 12.5 Å². The Hall–Kier alpha value is -3.53. The zero-order chi connectivity index (χ0) is 21.3. The molecule has 1 N–H and O–H groups in total.